The first kappa shape index (κ1) is 21.6. The predicted octanol–water partition coefficient (Wildman–Crippen LogP) is 2.66. The fraction of sp³-hybridized carbons (Fsp3) is 0.188. The van der Waals surface area contributed by atoms with Crippen LogP contribution in [0.15, 0.2) is 17.0 Å². The van der Waals surface area contributed by atoms with Crippen LogP contribution in [-0.2, 0) is 10.0 Å². The molecule has 0 spiro atoms. The van der Waals surface area contributed by atoms with E-state index in [0.29, 0.717) is 11.1 Å². The summed E-state index contributed by atoms with van der Waals surface area (Å²) in [7, 11) is -2.75. The zero-order valence-electron chi connectivity index (χ0n) is 14.7. The zero-order chi connectivity index (χ0) is 21.4. The van der Waals surface area contributed by atoms with Crippen molar-refractivity contribution in [2.75, 3.05) is 12.5 Å². The highest BCUT2D eigenvalue weighted by Crippen LogP contribution is 2.27. The SMILES string of the molecule is CNS(=O)(=O)c1cc(C(=O)NNc2c(F)c(F)c(F)c(F)c2F)cc(C)c1C. The van der Waals surface area contributed by atoms with Gasteiger partial charge in [0.2, 0.25) is 15.8 Å². The molecule has 0 bridgehead atoms. The van der Waals surface area contributed by atoms with Crippen molar-refractivity contribution in [3.63, 3.8) is 0 Å². The van der Waals surface area contributed by atoms with E-state index in [1.807, 2.05) is 0 Å². The molecule has 0 saturated carbocycles. The largest absolute Gasteiger partial charge is 0.293 e. The first-order chi connectivity index (χ1) is 12.9. The quantitative estimate of drug-likeness (QED) is 0.299. The highest BCUT2D eigenvalue weighted by Gasteiger charge is 2.26. The van der Waals surface area contributed by atoms with Gasteiger partial charge in [0, 0.05) is 5.56 Å². The lowest BCUT2D eigenvalue weighted by Gasteiger charge is -2.14. The molecule has 0 aliphatic heterocycles. The summed E-state index contributed by atoms with van der Waals surface area (Å²) >= 11 is 0. The number of carbonyl (C=O) groups is 1. The molecule has 2 aromatic rings. The van der Waals surface area contributed by atoms with Gasteiger partial charge in [-0.05, 0) is 44.2 Å². The van der Waals surface area contributed by atoms with Crippen molar-refractivity contribution in [1.82, 2.24) is 10.1 Å². The van der Waals surface area contributed by atoms with Crippen LogP contribution >= 0.6 is 0 Å². The Morgan fingerprint density at radius 1 is 0.893 bits per heavy atom. The maximum absolute atomic E-state index is 13.6. The Kier molecular flexibility index (Phi) is 5.94. The van der Waals surface area contributed by atoms with Crippen LogP contribution in [-0.4, -0.2) is 21.4 Å². The van der Waals surface area contributed by atoms with Crippen molar-refractivity contribution in [1.29, 1.82) is 0 Å². The van der Waals surface area contributed by atoms with Crippen molar-refractivity contribution in [2.45, 2.75) is 18.7 Å². The van der Waals surface area contributed by atoms with Gasteiger partial charge in [-0.2, -0.15) is 0 Å². The molecule has 0 unspecified atom stereocenters. The van der Waals surface area contributed by atoms with Crippen LogP contribution in [0.25, 0.3) is 0 Å². The van der Waals surface area contributed by atoms with Crippen molar-refractivity contribution >= 4 is 21.6 Å². The minimum Gasteiger partial charge on any atom is -0.293 e. The molecule has 152 valence electrons. The molecule has 0 atom stereocenters. The summed E-state index contributed by atoms with van der Waals surface area (Å²) in [6.45, 7) is 3.03. The number of amides is 1. The number of sulfonamides is 1. The summed E-state index contributed by atoms with van der Waals surface area (Å²) in [4.78, 5) is 12.0. The van der Waals surface area contributed by atoms with Crippen LogP contribution in [0.3, 0.4) is 0 Å². The maximum atomic E-state index is 13.6. The van der Waals surface area contributed by atoms with E-state index >= 15 is 0 Å². The maximum Gasteiger partial charge on any atom is 0.269 e. The molecule has 1 amide bonds. The molecule has 2 rings (SSSR count). The topological polar surface area (TPSA) is 87.3 Å². The molecule has 12 heteroatoms. The molecule has 0 saturated heterocycles. The summed E-state index contributed by atoms with van der Waals surface area (Å²) in [6.07, 6.45) is 0. The Bertz CT molecular complexity index is 1040. The van der Waals surface area contributed by atoms with Crippen molar-refractivity contribution < 1.29 is 35.2 Å². The predicted molar refractivity (Wildman–Crippen MR) is 89.5 cm³/mol. The first-order valence-corrected chi connectivity index (χ1v) is 9.03. The van der Waals surface area contributed by atoms with Gasteiger partial charge in [0.25, 0.3) is 5.91 Å². The first-order valence-electron chi connectivity index (χ1n) is 7.55. The highest BCUT2D eigenvalue weighted by molar-refractivity contribution is 7.89. The lowest BCUT2D eigenvalue weighted by atomic mass is 10.1. The number of aryl methyl sites for hydroxylation is 1. The summed E-state index contributed by atoms with van der Waals surface area (Å²) in [5.41, 5.74) is 2.49. The minimum absolute atomic E-state index is 0.212. The molecule has 0 fully saturated rings. The van der Waals surface area contributed by atoms with Gasteiger partial charge in [0.15, 0.2) is 23.3 Å². The molecule has 6 nitrogen and oxygen atoms in total. The number of hydrogen-bond acceptors (Lipinski definition) is 4. The fourth-order valence-corrected chi connectivity index (χ4v) is 3.32. The second-order valence-electron chi connectivity index (χ2n) is 5.65. The smallest absolute Gasteiger partial charge is 0.269 e. The van der Waals surface area contributed by atoms with Crippen LogP contribution in [0, 0.1) is 42.9 Å². The molecule has 2 aromatic carbocycles. The molecular formula is C16H14F5N3O3S. The third-order valence-corrected chi connectivity index (χ3v) is 5.49. The standard InChI is InChI=1S/C16H14F5N3O3S/c1-6-4-8(5-9(7(6)2)28(26,27)22-3)16(25)24-23-15-13(20)11(18)10(17)12(19)14(15)21/h4-5,22-23H,1-3H3,(H,24,25). The minimum atomic E-state index is -3.92. The number of nitrogens with one attached hydrogen (secondary N) is 3. The normalized spacial score (nSPS) is 11.4. The number of halogens is 5. The zero-order valence-corrected chi connectivity index (χ0v) is 15.5. The van der Waals surface area contributed by atoms with Gasteiger partial charge in [-0.3, -0.25) is 15.6 Å². The summed E-state index contributed by atoms with van der Waals surface area (Å²) in [6, 6.07) is 2.29. The van der Waals surface area contributed by atoms with Crippen molar-refractivity contribution in [2.24, 2.45) is 0 Å². The van der Waals surface area contributed by atoms with E-state index in [4.69, 9.17) is 0 Å². The number of carbonyl (C=O) groups excluding carboxylic acids is 1. The Labute approximate surface area is 156 Å². The van der Waals surface area contributed by atoms with Gasteiger partial charge >= 0.3 is 0 Å². The van der Waals surface area contributed by atoms with Gasteiger partial charge in [-0.1, -0.05) is 0 Å². The van der Waals surface area contributed by atoms with Crippen LogP contribution in [0.4, 0.5) is 27.6 Å². The van der Waals surface area contributed by atoms with E-state index < -0.39 is 50.7 Å². The second kappa shape index (κ2) is 7.72. The van der Waals surface area contributed by atoms with E-state index in [2.05, 4.69) is 4.72 Å². The number of hydrogen-bond donors (Lipinski definition) is 3. The van der Waals surface area contributed by atoms with E-state index in [1.54, 1.807) is 10.9 Å². The average Bonchev–Trinajstić information content (AvgIpc) is 2.66. The fourth-order valence-electron chi connectivity index (χ4n) is 2.25. The van der Waals surface area contributed by atoms with E-state index in [9.17, 15) is 35.2 Å². The van der Waals surface area contributed by atoms with Crippen LogP contribution in [0.2, 0.25) is 0 Å². The van der Waals surface area contributed by atoms with E-state index in [1.165, 1.54) is 27.0 Å². The Morgan fingerprint density at radius 3 is 1.89 bits per heavy atom. The third kappa shape index (κ3) is 3.78. The molecule has 0 radical (unpaired) electrons. The third-order valence-electron chi connectivity index (χ3n) is 3.95. The van der Waals surface area contributed by atoms with Gasteiger partial charge in [0.1, 0.15) is 5.69 Å². The number of rotatable bonds is 5. The summed E-state index contributed by atoms with van der Waals surface area (Å²) < 4.78 is 92.8. The van der Waals surface area contributed by atoms with Crippen molar-refractivity contribution in [3.05, 3.63) is 57.9 Å². The van der Waals surface area contributed by atoms with Crippen LogP contribution in [0.1, 0.15) is 21.5 Å². The molecule has 3 N–H and O–H groups in total. The molecule has 28 heavy (non-hydrogen) atoms. The lowest BCUT2D eigenvalue weighted by molar-refractivity contribution is 0.0962. The molecule has 0 aromatic heterocycles. The van der Waals surface area contributed by atoms with Crippen molar-refractivity contribution in [3.8, 4) is 0 Å². The van der Waals surface area contributed by atoms with Gasteiger partial charge < -0.3 is 0 Å². The Balaban J connectivity index is 2.38. The second-order valence-corrected chi connectivity index (χ2v) is 7.50. The molecule has 0 heterocycles. The van der Waals surface area contributed by atoms with Gasteiger partial charge in [0.05, 0.1) is 4.90 Å². The van der Waals surface area contributed by atoms with Crippen LogP contribution in [0.5, 0.6) is 0 Å². The Hall–Kier alpha value is -2.73. The average molecular weight is 423 g/mol. The molecular weight excluding hydrogens is 409 g/mol. The van der Waals surface area contributed by atoms with Crippen LogP contribution < -0.4 is 15.6 Å². The lowest BCUT2D eigenvalue weighted by Crippen LogP contribution is -2.31. The summed E-state index contributed by atoms with van der Waals surface area (Å²) in [5.74, 6) is -12.1. The highest BCUT2D eigenvalue weighted by atomic mass is 32.2. The van der Waals surface area contributed by atoms with E-state index in [0.717, 1.165) is 6.07 Å². The summed E-state index contributed by atoms with van der Waals surface area (Å²) in [5, 5.41) is 0. The molecule has 0 aliphatic rings. The van der Waals surface area contributed by atoms with Gasteiger partial charge in [-0.25, -0.2) is 35.1 Å². The number of hydrazine groups is 1. The Morgan fingerprint density at radius 2 is 1.39 bits per heavy atom. The number of anilines is 1. The van der Waals surface area contributed by atoms with E-state index in [-0.39, 0.29) is 10.5 Å². The van der Waals surface area contributed by atoms with Gasteiger partial charge in [-0.15, -0.1) is 0 Å². The molecule has 0 aliphatic carbocycles. The number of benzene rings is 2. The monoisotopic (exact) mass is 423 g/mol.